The van der Waals surface area contributed by atoms with Crippen molar-refractivity contribution in [2.24, 2.45) is 5.92 Å². The van der Waals surface area contributed by atoms with Gasteiger partial charge in [-0.25, -0.2) is 0 Å². The zero-order chi connectivity index (χ0) is 20.9. The van der Waals surface area contributed by atoms with Crippen molar-refractivity contribution in [2.75, 3.05) is 18.0 Å². The first kappa shape index (κ1) is 20.5. The molecule has 2 aromatic heterocycles. The molecule has 0 spiro atoms. The van der Waals surface area contributed by atoms with E-state index in [1.54, 1.807) is 18.0 Å². The number of amides is 1. The molecule has 7 heteroatoms. The van der Waals surface area contributed by atoms with Crippen molar-refractivity contribution in [3.8, 4) is 0 Å². The highest BCUT2D eigenvalue weighted by atomic mass is 32.2. The van der Waals surface area contributed by atoms with Crippen LogP contribution in [-0.2, 0) is 11.3 Å². The minimum absolute atomic E-state index is 0.0308. The van der Waals surface area contributed by atoms with Crippen molar-refractivity contribution in [3.63, 3.8) is 0 Å². The molecule has 0 unspecified atom stereocenters. The van der Waals surface area contributed by atoms with E-state index in [9.17, 15) is 4.79 Å². The quantitative estimate of drug-likeness (QED) is 0.636. The van der Waals surface area contributed by atoms with Crippen LogP contribution in [0, 0.1) is 19.8 Å². The van der Waals surface area contributed by atoms with Crippen LogP contribution in [0.4, 0.5) is 5.82 Å². The number of nitrogens with one attached hydrogen (secondary N) is 1. The number of aromatic nitrogens is 2. The molecule has 0 aliphatic carbocycles. The molecule has 1 aliphatic heterocycles. The Labute approximate surface area is 181 Å². The lowest BCUT2D eigenvalue weighted by Crippen LogP contribution is -2.40. The number of piperidine rings is 1. The third-order valence-electron chi connectivity index (χ3n) is 5.39. The molecule has 0 radical (unpaired) electrons. The Morgan fingerprint density at radius 1 is 1.17 bits per heavy atom. The number of nitrogens with zero attached hydrogens (tertiary/aromatic N) is 3. The van der Waals surface area contributed by atoms with Gasteiger partial charge in [-0.15, -0.1) is 10.2 Å². The summed E-state index contributed by atoms with van der Waals surface area (Å²) < 4.78 is 5.27. The Hall–Kier alpha value is -2.80. The van der Waals surface area contributed by atoms with E-state index in [1.165, 1.54) is 16.0 Å². The van der Waals surface area contributed by atoms with Crippen LogP contribution in [0.25, 0.3) is 0 Å². The van der Waals surface area contributed by atoms with E-state index in [0.29, 0.717) is 6.54 Å². The molecule has 1 saturated heterocycles. The van der Waals surface area contributed by atoms with Crippen LogP contribution in [0.15, 0.2) is 63.1 Å². The monoisotopic (exact) mass is 422 g/mol. The summed E-state index contributed by atoms with van der Waals surface area (Å²) in [5.41, 5.74) is 2.48. The third kappa shape index (κ3) is 5.02. The van der Waals surface area contributed by atoms with Crippen LogP contribution < -0.4 is 10.2 Å². The fourth-order valence-corrected chi connectivity index (χ4v) is 4.49. The van der Waals surface area contributed by atoms with Crippen LogP contribution >= 0.6 is 11.8 Å². The molecule has 0 bridgehead atoms. The van der Waals surface area contributed by atoms with E-state index in [0.717, 1.165) is 42.5 Å². The number of carbonyl (C=O) groups is 1. The second-order valence-electron chi connectivity index (χ2n) is 7.66. The number of rotatable bonds is 6. The van der Waals surface area contributed by atoms with Crippen LogP contribution in [0.3, 0.4) is 0 Å². The second-order valence-corrected chi connectivity index (χ2v) is 8.72. The van der Waals surface area contributed by atoms with Gasteiger partial charge in [0.1, 0.15) is 10.8 Å². The van der Waals surface area contributed by atoms with Crippen LogP contribution in [0.5, 0.6) is 0 Å². The highest BCUT2D eigenvalue weighted by Gasteiger charge is 2.25. The maximum atomic E-state index is 12.4. The number of anilines is 1. The molecule has 3 aromatic rings. The fourth-order valence-electron chi connectivity index (χ4n) is 3.57. The molecule has 0 saturated carbocycles. The Kier molecular flexibility index (Phi) is 6.38. The zero-order valence-electron chi connectivity index (χ0n) is 17.3. The van der Waals surface area contributed by atoms with Gasteiger partial charge in [-0.2, -0.15) is 0 Å². The van der Waals surface area contributed by atoms with Gasteiger partial charge >= 0.3 is 0 Å². The topological polar surface area (TPSA) is 71.3 Å². The van der Waals surface area contributed by atoms with Gasteiger partial charge in [0.25, 0.3) is 0 Å². The SMILES string of the molecule is Cc1ccc(C)c(Sc2ccc(N3CCC(C(=O)NCc4ccco4)CC3)nn2)c1. The summed E-state index contributed by atoms with van der Waals surface area (Å²) in [5, 5.41) is 12.7. The molecule has 0 atom stereocenters. The fraction of sp³-hybridized carbons (Fsp3) is 0.348. The summed E-state index contributed by atoms with van der Waals surface area (Å²) in [5.74, 6) is 1.77. The molecule has 1 N–H and O–H groups in total. The largest absolute Gasteiger partial charge is 0.467 e. The molecule has 1 fully saturated rings. The minimum Gasteiger partial charge on any atom is -0.467 e. The Morgan fingerprint density at radius 3 is 2.70 bits per heavy atom. The highest BCUT2D eigenvalue weighted by molar-refractivity contribution is 7.99. The molecule has 30 heavy (non-hydrogen) atoms. The van der Waals surface area contributed by atoms with Gasteiger partial charge in [0, 0.05) is 23.9 Å². The Balaban J connectivity index is 1.29. The number of hydrogen-bond acceptors (Lipinski definition) is 6. The first-order valence-electron chi connectivity index (χ1n) is 10.2. The van der Waals surface area contributed by atoms with Crippen LogP contribution in [0.1, 0.15) is 29.7 Å². The third-order valence-corrected chi connectivity index (χ3v) is 6.48. The lowest BCUT2D eigenvalue weighted by atomic mass is 9.96. The van der Waals surface area contributed by atoms with E-state index in [1.807, 2.05) is 24.3 Å². The zero-order valence-corrected chi connectivity index (χ0v) is 18.1. The molecule has 156 valence electrons. The van der Waals surface area contributed by atoms with E-state index in [4.69, 9.17) is 4.42 Å². The normalized spacial score (nSPS) is 14.7. The van der Waals surface area contributed by atoms with Crippen molar-refractivity contribution in [3.05, 3.63) is 65.6 Å². The molecule has 1 aromatic carbocycles. The summed E-state index contributed by atoms with van der Waals surface area (Å²) in [6, 6.07) is 14.2. The van der Waals surface area contributed by atoms with E-state index in [2.05, 4.69) is 52.5 Å². The van der Waals surface area contributed by atoms with Gasteiger partial charge in [-0.05, 0) is 68.1 Å². The average molecular weight is 423 g/mol. The van der Waals surface area contributed by atoms with Crippen molar-refractivity contribution < 1.29 is 9.21 Å². The summed E-state index contributed by atoms with van der Waals surface area (Å²) in [6.45, 7) is 6.25. The molecule has 6 nitrogen and oxygen atoms in total. The first-order valence-corrected chi connectivity index (χ1v) is 11.0. The molecular formula is C23H26N4O2S. The Morgan fingerprint density at radius 2 is 2.00 bits per heavy atom. The van der Waals surface area contributed by atoms with Crippen LogP contribution in [0.2, 0.25) is 0 Å². The standard InChI is InChI=1S/C23H26N4O2S/c1-16-5-6-17(2)20(14-16)30-22-8-7-21(25-26-22)27-11-9-18(10-12-27)23(28)24-15-19-4-3-13-29-19/h3-8,13-14,18H,9-12,15H2,1-2H3,(H,24,28). The number of hydrogen-bond donors (Lipinski definition) is 1. The van der Waals surface area contributed by atoms with Gasteiger partial charge < -0.3 is 14.6 Å². The van der Waals surface area contributed by atoms with E-state index < -0.39 is 0 Å². The van der Waals surface area contributed by atoms with Gasteiger partial charge in [0.2, 0.25) is 5.91 Å². The van der Waals surface area contributed by atoms with Gasteiger partial charge in [-0.3, -0.25) is 4.79 Å². The van der Waals surface area contributed by atoms with Crippen molar-refractivity contribution in [2.45, 2.75) is 43.2 Å². The second kappa shape index (κ2) is 9.34. The smallest absolute Gasteiger partial charge is 0.223 e. The minimum atomic E-state index is 0.0308. The van der Waals surface area contributed by atoms with Crippen LogP contribution in [-0.4, -0.2) is 29.2 Å². The summed E-state index contributed by atoms with van der Waals surface area (Å²) in [4.78, 5) is 15.8. The van der Waals surface area contributed by atoms with E-state index >= 15 is 0 Å². The van der Waals surface area contributed by atoms with Crippen molar-refractivity contribution in [1.82, 2.24) is 15.5 Å². The predicted molar refractivity (Wildman–Crippen MR) is 118 cm³/mol. The maximum Gasteiger partial charge on any atom is 0.223 e. The maximum absolute atomic E-state index is 12.4. The number of benzene rings is 1. The molecule has 1 amide bonds. The number of aryl methyl sites for hydroxylation is 2. The average Bonchev–Trinajstić information content (AvgIpc) is 3.29. The predicted octanol–water partition coefficient (Wildman–Crippen LogP) is 4.37. The Bertz CT molecular complexity index is 981. The summed E-state index contributed by atoms with van der Waals surface area (Å²) in [6.07, 6.45) is 3.24. The highest BCUT2D eigenvalue weighted by Crippen LogP contribution is 2.30. The van der Waals surface area contributed by atoms with Gasteiger partial charge in [0.15, 0.2) is 5.82 Å². The molecule has 4 rings (SSSR count). The summed E-state index contributed by atoms with van der Waals surface area (Å²) >= 11 is 1.64. The van der Waals surface area contributed by atoms with Crippen molar-refractivity contribution >= 4 is 23.5 Å². The first-order chi connectivity index (χ1) is 14.6. The number of carbonyl (C=O) groups excluding carboxylic acids is 1. The molecule has 1 aliphatic rings. The lowest BCUT2D eigenvalue weighted by Gasteiger charge is -2.31. The lowest BCUT2D eigenvalue weighted by molar-refractivity contribution is -0.125. The number of furan rings is 1. The summed E-state index contributed by atoms with van der Waals surface area (Å²) in [7, 11) is 0. The van der Waals surface area contributed by atoms with E-state index in [-0.39, 0.29) is 11.8 Å². The van der Waals surface area contributed by atoms with Gasteiger partial charge in [-0.1, -0.05) is 23.9 Å². The van der Waals surface area contributed by atoms with Gasteiger partial charge in [0.05, 0.1) is 12.8 Å². The van der Waals surface area contributed by atoms with Crippen molar-refractivity contribution in [1.29, 1.82) is 0 Å². The molecular weight excluding hydrogens is 396 g/mol. The molecule has 3 heterocycles.